The molecule has 4 nitrogen and oxygen atoms in total. The summed E-state index contributed by atoms with van der Waals surface area (Å²) in [6, 6.07) is 10.9. The van der Waals surface area contributed by atoms with E-state index in [2.05, 4.69) is 21.2 Å². The van der Waals surface area contributed by atoms with Gasteiger partial charge in [0.2, 0.25) is 0 Å². The number of anilines is 1. The number of hydrogen-bond donors (Lipinski definition) is 1. The third-order valence-electron chi connectivity index (χ3n) is 3.09. The summed E-state index contributed by atoms with van der Waals surface area (Å²) in [5, 5.41) is 2.68. The van der Waals surface area contributed by atoms with Crippen molar-refractivity contribution in [3.8, 4) is 0 Å². The summed E-state index contributed by atoms with van der Waals surface area (Å²) in [4.78, 5) is 24.1. The van der Waals surface area contributed by atoms with Crippen molar-refractivity contribution in [2.24, 2.45) is 0 Å². The summed E-state index contributed by atoms with van der Waals surface area (Å²) < 4.78 is 18.4. The number of hydrogen-bond acceptors (Lipinski definition) is 3. The van der Waals surface area contributed by atoms with E-state index in [0.29, 0.717) is 5.69 Å². The number of esters is 1. The van der Waals surface area contributed by atoms with Gasteiger partial charge in [-0.25, -0.2) is 9.18 Å². The van der Waals surface area contributed by atoms with Crippen LogP contribution in [-0.4, -0.2) is 18.0 Å². The van der Waals surface area contributed by atoms with Gasteiger partial charge < -0.3 is 10.1 Å². The van der Waals surface area contributed by atoms with E-state index in [4.69, 9.17) is 4.74 Å². The fourth-order valence-corrected chi connectivity index (χ4v) is 2.41. The molecule has 0 heterocycles. The van der Waals surface area contributed by atoms with Gasteiger partial charge in [-0.1, -0.05) is 12.1 Å². The normalized spacial score (nSPS) is 11.7. The highest BCUT2D eigenvalue weighted by atomic mass is 79.9. The molecule has 0 fully saturated rings. The van der Waals surface area contributed by atoms with E-state index in [-0.39, 0.29) is 10.0 Å². The second kappa shape index (κ2) is 7.37. The minimum atomic E-state index is -0.986. The highest BCUT2D eigenvalue weighted by molar-refractivity contribution is 9.10. The predicted octanol–water partition coefficient (Wildman–Crippen LogP) is 4.08. The van der Waals surface area contributed by atoms with Gasteiger partial charge in [0.05, 0.1) is 5.56 Å². The molecule has 2 aromatic rings. The van der Waals surface area contributed by atoms with Crippen LogP contribution in [0.4, 0.5) is 10.1 Å². The van der Waals surface area contributed by atoms with Gasteiger partial charge in [0, 0.05) is 10.2 Å². The third-order valence-corrected chi connectivity index (χ3v) is 3.75. The Morgan fingerprint density at radius 2 is 1.96 bits per heavy atom. The molecule has 2 rings (SSSR count). The lowest BCUT2D eigenvalue weighted by molar-refractivity contribution is -0.123. The summed E-state index contributed by atoms with van der Waals surface area (Å²) in [5.41, 5.74) is 1.78. The summed E-state index contributed by atoms with van der Waals surface area (Å²) in [7, 11) is 0. The quantitative estimate of drug-likeness (QED) is 0.814. The van der Waals surface area contributed by atoms with Crippen molar-refractivity contribution >= 4 is 33.5 Å². The lowest BCUT2D eigenvalue weighted by Crippen LogP contribution is -2.30. The van der Waals surface area contributed by atoms with Crippen molar-refractivity contribution < 1.29 is 18.7 Å². The zero-order chi connectivity index (χ0) is 17.0. The molecule has 6 heteroatoms. The summed E-state index contributed by atoms with van der Waals surface area (Å²) >= 11 is 3.10. The van der Waals surface area contributed by atoms with E-state index in [9.17, 15) is 14.0 Å². The fourth-order valence-electron chi connectivity index (χ4n) is 1.90. The largest absolute Gasteiger partial charge is 0.449 e. The van der Waals surface area contributed by atoms with Crippen molar-refractivity contribution in [3.05, 3.63) is 63.9 Å². The van der Waals surface area contributed by atoms with Crippen LogP contribution in [0.5, 0.6) is 0 Å². The van der Waals surface area contributed by atoms with Crippen molar-refractivity contribution in [1.29, 1.82) is 0 Å². The first-order valence-electron chi connectivity index (χ1n) is 6.90. The molecule has 1 N–H and O–H groups in total. The van der Waals surface area contributed by atoms with Crippen LogP contribution in [-0.2, 0) is 9.53 Å². The van der Waals surface area contributed by atoms with Crippen molar-refractivity contribution in [1.82, 2.24) is 0 Å². The summed E-state index contributed by atoms with van der Waals surface area (Å²) in [5.74, 6) is -1.62. The van der Waals surface area contributed by atoms with Crippen LogP contribution < -0.4 is 5.32 Å². The summed E-state index contributed by atoms with van der Waals surface area (Å²) in [6.07, 6.45) is -0.986. The Balaban J connectivity index is 2.01. The molecule has 0 saturated carbocycles. The Bertz CT molecular complexity index is 748. The molecule has 0 unspecified atom stereocenters. The average Bonchev–Trinajstić information content (AvgIpc) is 2.46. The van der Waals surface area contributed by atoms with Crippen LogP contribution in [0.1, 0.15) is 22.8 Å². The van der Waals surface area contributed by atoms with Gasteiger partial charge in [-0.3, -0.25) is 4.79 Å². The minimum absolute atomic E-state index is 0.154. The maximum Gasteiger partial charge on any atom is 0.340 e. The Morgan fingerprint density at radius 3 is 2.61 bits per heavy atom. The molecular formula is C17H15BrFNO3. The van der Waals surface area contributed by atoms with Crippen LogP contribution in [0.25, 0.3) is 0 Å². The van der Waals surface area contributed by atoms with E-state index < -0.39 is 23.8 Å². The van der Waals surface area contributed by atoms with Crippen molar-refractivity contribution in [3.63, 3.8) is 0 Å². The number of halogens is 2. The van der Waals surface area contributed by atoms with Crippen LogP contribution >= 0.6 is 15.9 Å². The number of carbonyl (C=O) groups is 2. The van der Waals surface area contributed by atoms with E-state index in [0.717, 1.165) is 17.7 Å². The van der Waals surface area contributed by atoms with Gasteiger partial charge >= 0.3 is 5.97 Å². The van der Waals surface area contributed by atoms with Crippen molar-refractivity contribution in [2.45, 2.75) is 20.0 Å². The molecule has 2 aromatic carbocycles. The molecule has 120 valence electrons. The number of nitrogens with one attached hydrogen (secondary N) is 1. The monoisotopic (exact) mass is 379 g/mol. The maximum atomic E-state index is 13.0. The van der Waals surface area contributed by atoms with E-state index in [1.165, 1.54) is 13.0 Å². The highest BCUT2D eigenvalue weighted by Crippen LogP contribution is 2.19. The standard InChI is InChI=1S/C17H15BrFNO3/c1-10-4-3-5-13(8-10)20-16(21)11(2)23-17(22)14-7-6-12(19)9-15(14)18/h3-9,11H,1-2H3,(H,20,21)/t11-/m1/s1. The summed E-state index contributed by atoms with van der Waals surface area (Å²) in [6.45, 7) is 3.38. The molecule has 1 atom stereocenters. The molecule has 0 aromatic heterocycles. The molecule has 0 saturated heterocycles. The van der Waals surface area contributed by atoms with Gasteiger partial charge in [0.15, 0.2) is 6.10 Å². The number of amides is 1. The van der Waals surface area contributed by atoms with Gasteiger partial charge in [0.25, 0.3) is 5.91 Å². The van der Waals surface area contributed by atoms with Gasteiger partial charge in [-0.2, -0.15) is 0 Å². The zero-order valence-electron chi connectivity index (χ0n) is 12.6. The third kappa shape index (κ3) is 4.63. The van der Waals surface area contributed by atoms with Crippen LogP contribution in [0.2, 0.25) is 0 Å². The SMILES string of the molecule is Cc1cccc(NC(=O)[C@@H](C)OC(=O)c2ccc(F)cc2Br)c1. The lowest BCUT2D eigenvalue weighted by Gasteiger charge is -2.14. The minimum Gasteiger partial charge on any atom is -0.449 e. The number of rotatable bonds is 4. The fraction of sp³-hybridized carbons (Fsp3) is 0.176. The number of benzene rings is 2. The first-order valence-corrected chi connectivity index (χ1v) is 7.69. The van der Waals surface area contributed by atoms with Gasteiger partial charge in [-0.15, -0.1) is 0 Å². The molecule has 0 bridgehead atoms. The van der Waals surface area contributed by atoms with Gasteiger partial charge in [0.1, 0.15) is 5.82 Å². The topological polar surface area (TPSA) is 55.4 Å². The second-order valence-corrected chi connectivity index (χ2v) is 5.88. The van der Waals surface area contributed by atoms with Crippen LogP contribution in [0.15, 0.2) is 46.9 Å². The Kier molecular flexibility index (Phi) is 5.50. The molecule has 1 amide bonds. The van der Waals surface area contributed by atoms with E-state index >= 15 is 0 Å². The Labute approximate surface area is 141 Å². The molecule has 23 heavy (non-hydrogen) atoms. The molecule has 0 aliphatic rings. The number of ether oxygens (including phenoxy) is 1. The maximum absolute atomic E-state index is 13.0. The number of aryl methyl sites for hydroxylation is 1. The van der Waals surface area contributed by atoms with Crippen LogP contribution in [0, 0.1) is 12.7 Å². The molecule has 0 aliphatic heterocycles. The average molecular weight is 380 g/mol. The Morgan fingerprint density at radius 1 is 1.22 bits per heavy atom. The first kappa shape index (κ1) is 17.1. The number of carbonyl (C=O) groups excluding carboxylic acids is 2. The molecule has 0 aliphatic carbocycles. The molecular weight excluding hydrogens is 365 g/mol. The van der Waals surface area contributed by atoms with Crippen LogP contribution in [0.3, 0.4) is 0 Å². The molecule has 0 spiro atoms. The van der Waals surface area contributed by atoms with Crippen molar-refractivity contribution in [2.75, 3.05) is 5.32 Å². The highest BCUT2D eigenvalue weighted by Gasteiger charge is 2.20. The van der Waals surface area contributed by atoms with E-state index in [1.807, 2.05) is 25.1 Å². The van der Waals surface area contributed by atoms with E-state index in [1.54, 1.807) is 6.07 Å². The second-order valence-electron chi connectivity index (χ2n) is 5.03. The molecule has 0 radical (unpaired) electrons. The first-order chi connectivity index (χ1) is 10.9. The smallest absolute Gasteiger partial charge is 0.340 e. The lowest BCUT2D eigenvalue weighted by atomic mass is 10.2. The zero-order valence-corrected chi connectivity index (χ0v) is 14.2. The predicted molar refractivity (Wildman–Crippen MR) is 88.8 cm³/mol. The Hall–Kier alpha value is -2.21. The van der Waals surface area contributed by atoms with Gasteiger partial charge in [-0.05, 0) is 65.7 Å².